The zero-order valence-corrected chi connectivity index (χ0v) is 15.3. The number of carbonyl (C=O) groups is 2. The fraction of sp³-hybridized carbons (Fsp3) is 0.118. The Morgan fingerprint density at radius 1 is 1.07 bits per heavy atom. The number of nitro groups is 1. The predicted molar refractivity (Wildman–Crippen MR) is 103 cm³/mol. The van der Waals surface area contributed by atoms with Gasteiger partial charge in [0.15, 0.2) is 0 Å². The Bertz CT molecular complexity index is 885. The summed E-state index contributed by atoms with van der Waals surface area (Å²) in [6, 6.07) is 10.3. The zero-order valence-electron chi connectivity index (χ0n) is 13.8. The molecule has 0 radical (unpaired) electrons. The topological polar surface area (TPSA) is 114 Å². The molecule has 0 saturated heterocycles. The van der Waals surface area contributed by atoms with Crippen LogP contribution in [0.4, 0.5) is 11.4 Å². The van der Waals surface area contributed by atoms with Crippen molar-refractivity contribution < 1.29 is 14.5 Å². The van der Waals surface area contributed by atoms with Crippen molar-refractivity contribution in [2.45, 2.75) is 12.8 Å². The molecule has 0 fully saturated rings. The second kappa shape index (κ2) is 9.65. The van der Waals surface area contributed by atoms with Gasteiger partial charge in [-0.1, -0.05) is 23.2 Å². The van der Waals surface area contributed by atoms with Crippen LogP contribution in [0.5, 0.6) is 0 Å². The van der Waals surface area contributed by atoms with Crippen LogP contribution in [0.2, 0.25) is 10.0 Å². The fourth-order valence-electron chi connectivity index (χ4n) is 1.95. The molecule has 0 saturated carbocycles. The number of rotatable bonds is 7. The van der Waals surface area contributed by atoms with Crippen molar-refractivity contribution in [3.05, 3.63) is 68.2 Å². The van der Waals surface area contributed by atoms with Crippen LogP contribution in [0, 0.1) is 10.1 Å². The molecule has 0 spiro atoms. The van der Waals surface area contributed by atoms with Crippen molar-refractivity contribution >= 4 is 52.6 Å². The Balaban J connectivity index is 1.77. The molecule has 0 aliphatic carbocycles. The van der Waals surface area contributed by atoms with Crippen LogP contribution in [-0.4, -0.2) is 23.0 Å². The van der Waals surface area contributed by atoms with Gasteiger partial charge in [-0.3, -0.25) is 19.7 Å². The number of carbonyl (C=O) groups excluding carboxylic acids is 2. The van der Waals surface area contributed by atoms with Gasteiger partial charge in [-0.25, -0.2) is 5.43 Å². The average molecular weight is 409 g/mol. The minimum atomic E-state index is -0.510. The fourth-order valence-corrected chi connectivity index (χ4v) is 2.29. The number of benzene rings is 2. The van der Waals surface area contributed by atoms with Crippen LogP contribution in [0.1, 0.15) is 18.4 Å². The summed E-state index contributed by atoms with van der Waals surface area (Å²) in [7, 11) is 0. The van der Waals surface area contributed by atoms with Crippen LogP contribution < -0.4 is 10.7 Å². The van der Waals surface area contributed by atoms with Crippen molar-refractivity contribution in [2.24, 2.45) is 5.10 Å². The maximum absolute atomic E-state index is 11.9. The van der Waals surface area contributed by atoms with Gasteiger partial charge in [0.1, 0.15) is 0 Å². The van der Waals surface area contributed by atoms with E-state index in [2.05, 4.69) is 15.8 Å². The Kier molecular flexibility index (Phi) is 7.27. The van der Waals surface area contributed by atoms with Gasteiger partial charge in [-0.2, -0.15) is 5.10 Å². The summed E-state index contributed by atoms with van der Waals surface area (Å²) in [5, 5.41) is 17.6. The smallest absolute Gasteiger partial charge is 0.269 e. The number of hydrazone groups is 1. The van der Waals surface area contributed by atoms with Gasteiger partial charge in [-0.05, 0) is 35.9 Å². The minimum absolute atomic E-state index is 0.0398. The predicted octanol–water partition coefficient (Wildman–Crippen LogP) is 3.77. The van der Waals surface area contributed by atoms with Gasteiger partial charge in [0.05, 0.1) is 21.8 Å². The lowest BCUT2D eigenvalue weighted by molar-refractivity contribution is -0.384. The molecule has 0 aliphatic rings. The third kappa shape index (κ3) is 6.69. The van der Waals surface area contributed by atoms with Crippen molar-refractivity contribution in [1.82, 2.24) is 5.43 Å². The summed E-state index contributed by atoms with van der Waals surface area (Å²) in [6.45, 7) is 0. The molecule has 0 bridgehead atoms. The monoisotopic (exact) mass is 408 g/mol. The Hall–Kier alpha value is -2.97. The molecule has 2 N–H and O–H groups in total. The lowest BCUT2D eigenvalue weighted by Crippen LogP contribution is -2.20. The van der Waals surface area contributed by atoms with Gasteiger partial charge in [-0.15, -0.1) is 0 Å². The number of nitrogens with zero attached hydrogens (tertiary/aromatic N) is 2. The first-order valence-corrected chi connectivity index (χ1v) is 8.42. The van der Waals surface area contributed by atoms with E-state index in [1.54, 1.807) is 12.1 Å². The number of hydrogen-bond donors (Lipinski definition) is 2. The van der Waals surface area contributed by atoms with E-state index in [1.165, 1.54) is 36.5 Å². The van der Waals surface area contributed by atoms with E-state index >= 15 is 0 Å². The Labute approximate surface area is 164 Å². The van der Waals surface area contributed by atoms with Gasteiger partial charge in [0.25, 0.3) is 5.69 Å². The third-order valence-electron chi connectivity index (χ3n) is 3.29. The van der Waals surface area contributed by atoms with E-state index in [4.69, 9.17) is 23.2 Å². The number of halogens is 2. The zero-order chi connectivity index (χ0) is 19.8. The Morgan fingerprint density at radius 2 is 1.74 bits per heavy atom. The highest BCUT2D eigenvalue weighted by Gasteiger charge is 2.09. The Morgan fingerprint density at radius 3 is 2.41 bits per heavy atom. The van der Waals surface area contributed by atoms with Crippen molar-refractivity contribution in [1.29, 1.82) is 0 Å². The second-order valence-corrected chi connectivity index (χ2v) is 6.16. The van der Waals surface area contributed by atoms with Gasteiger partial charge in [0.2, 0.25) is 11.8 Å². The van der Waals surface area contributed by atoms with E-state index in [1.807, 2.05) is 0 Å². The standard InChI is InChI=1S/C17H14Cl2N4O4/c18-12-3-6-14(19)15(9-12)21-16(24)7-8-17(25)22-20-10-11-1-4-13(5-2-11)23(26)27/h1-6,9-10H,7-8H2,(H,21,24)(H,22,25)/b20-10-. The molecule has 27 heavy (non-hydrogen) atoms. The highest BCUT2D eigenvalue weighted by atomic mass is 35.5. The molecular formula is C17H14Cl2N4O4. The molecule has 2 amide bonds. The molecular weight excluding hydrogens is 395 g/mol. The van der Waals surface area contributed by atoms with E-state index in [9.17, 15) is 19.7 Å². The second-order valence-electron chi connectivity index (χ2n) is 5.31. The number of amides is 2. The molecule has 10 heteroatoms. The minimum Gasteiger partial charge on any atom is -0.325 e. The van der Waals surface area contributed by atoms with Gasteiger partial charge >= 0.3 is 0 Å². The third-order valence-corrected chi connectivity index (χ3v) is 3.85. The summed E-state index contributed by atoms with van der Waals surface area (Å²) < 4.78 is 0. The first-order valence-electron chi connectivity index (χ1n) is 7.66. The summed E-state index contributed by atoms with van der Waals surface area (Å²) in [5.74, 6) is -0.853. The molecule has 2 aromatic carbocycles. The lowest BCUT2D eigenvalue weighted by Gasteiger charge is -2.07. The number of nitrogens with one attached hydrogen (secondary N) is 2. The average Bonchev–Trinajstić information content (AvgIpc) is 2.63. The molecule has 0 atom stereocenters. The quantitative estimate of drug-likeness (QED) is 0.412. The first kappa shape index (κ1) is 20.3. The lowest BCUT2D eigenvalue weighted by atomic mass is 10.2. The number of hydrogen-bond acceptors (Lipinski definition) is 5. The summed E-state index contributed by atoms with van der Waals surface area (Å²) in [6.07, 6.45) is 1.19. The van der Waals surface area contributed by atoms with Gasteiger partial charge < -0.3 is 5.32 Å². The van der Waals surface area contributed by atoms with Crippen molar-refractivity contribution in [3.8, 4) is 0 Å². The van der Waals surface area contributed by atoms with Crippen LogP contribution in [0.3, 0.4) is 0 Å². The van der Waals surface area contributed by atoms with E-state index in [0.29, 0.717) is 21.3 Å². The normalized spacial score (nSPS) is 10.6. The van der Waals surface area contributed by atoms with Crippen LogP contribution in [0.15, 0.2) is 47.6 Å². The molecule has 0 unspecified atom stereocenters. The molecule has 8 nitrogen and oxygen atoms in total. The van der Waals surface area contributed by atoms with Crippen molar-refractivity contribution in [3.63, 3.8) is 0 Å². The summed E-state index contributed by atoms with van der Waals surface area (Å²) in [5.41, 5.74) is 3.18. The molecule has 2 rings (SSSR count). The number of non-ortho nitro benzene ring substituents is 1. The maximum Gasteiger partial charge on any atom is 0.269 e. The molecule has 0 aliphatic heterocycles. The van der Waals surface area contributed by atoms with Crippen LogP contribution in [0.25, 0.3) is 0 Å². The van der Waals surface area contributed by atoms with Gasteiger partial charge in [0, 0.05) is 30.0 Å². The highest BCUT2D eigenvalue weighted by molar-refractivity contribution is 6.35. The van der Waals surface area contributed by atoms with E-state index in [-0.39, 0.29) is 18.5 Å². The first-order chi connectivity index (χ1) is 12.8. The highest BCUT2D eigenvalue weighted by Crippen LogP contribution is 2.25. The largest absolute Gasteiger partial charge is 0.325 e. The molecule has 0 heterocycles. The summed E-state index contributed by atoms with van der Waals surface area (Å²) >= 11 is 11.8. The molecule has 2 aromatic rings. The molecule has 140 valence electrons. The molecule has 0 aromatic heterocycles. The summed E-state index contributed by atoms with van der Waals surface area (Å²) in [4.78, 5) is 33.6. The maximum atomic E-state index is 11.9. The number of nitro benzene ring substituents is 1. The van der Waals surface area contributed by atoms with Crippen LogP contribution in [-0.2, 0) is 9.59 Å². The van der Waals surface area contributed by atoms with E-state index in [0.717, 1.165) is 0 Å². The van der Waals surface area contributed by atoms with E-state index < -0.39 is 16.7 Å². The SMILES string of the molecule is O=C(CCC(=O)Nc1cc(Cl)ccc1Cl)N/N=C\c1ccc([N+](=O)[O-])cc1. The number of anilines is 1. The van der Waals surface area contributed by atoms with Crippen molar-refractivity contribution in [2.75, 3.05) is 5.32 Å². The van der Waals surface area contributed by atoms with Crippen LogP contribution >= 0.6 is 23.2 Å².